The highest BCUT2D eigenvalue weighted by Crippen LogP contribution is 2.40. The van der Waals surface area contributed by atoms with Crippen molar-refractivity contribution in [2.75, 3.05) is 0 Å². The van der Waals surface area contributed by atoms with Crippen LogP contribution in [0.25, 0.3) is 0 Å². The number of aliphatic hydroxyl groups excluding tert-OH is 1. The SMILES string of the molecule is CCCCC1CCC(C2CCC(O)CC2)CC1. The molecule has 2 aliphatic carbocycles. The zero-order valence-corrected chi connectivity index (χ0v) is 11.5. The highest BCUT2D eigenvalue weighted by Gasteiger charge is 2.29. The number of rotatable bonds is 4. The normalized spacial score (nSPS) is 39.2. The van der Waals surface area contributed by atoms with Crippen molar-refractivity contribution in [3.05, 3.63) is 0 Å². The summed E-state index contributed by atoms with van der Waals surface area (Å²) in [5.41, 5.74) is 0. The summed E-state index contributed by atoms with van der Waals surface area (Å²) >= 11 is 0. The van der Waals surface area contributed by atoms with Gasteiger partial charge in [-0.25, -0.2) is 0 Å². The monoisotopic (exact) mass is 238 g/mol. The Morgan fingerprint density at radius 2 is 1.35 bits per heavy atom. The van der Waals surface area contributed by atoms with Gasteiger partial charge in [0.15, 0.2) is 0 Å². The lowest BCUT2D eigenvalue weighted by Gasteiger charge is -2.37. The topological polar surface area (TPSA) is 20.2 Å². The van der Waals surface area contributed by atoms with Crippen LogP contribution in [-0.2, 0) is 0 Å². The molecule has 0 spiro atoms. The molecule has 0 aromatic rings. The van der Waals surface area contributed by atoms with Crippen molar-refractivity contribution < 1.29 is 5.11 Å². The van der Waals surface area contributed by atoms with Crippen molar-refractivity contribution >= 4 is 0 Å². The van der Waals surface area contributed by atoms with Crippen LogP contribution in [0.2, 0.25) is 0 Å². The van der Waals surface area contributed by atoms with Gasteiger partial charge >= 0.3 is 0 Å². The first-order chi connectivity index (χ1) is 8.29. The number of hydrogen-bond donors (Lipinski definition) is 1. The van der Waals surface area contributed by atoms with Crippen molar-refractivity contribution in [1.29, 1.82) is 0 Å². The first-order valence-corrected chi connectivity index (χ1v) is 7.97. The molecule has 2 saturated carbocycles. The van der Waals surface area contributed by atoms with E-state index in [1.54, 1.807) is 0 Å². The van der Waals surface area contributed by atoms with Crippen LogP contribution in [-0.4, -0.2) is 11.2 Å². The minimum absolute atomic E-state index is 0.0205. The molecule has 1 N–H and O–H groups in total. The van der Waals surface area contributed by atoms with E-state index in [0.717, 1.165) is 30.6 Å². The molecule has 0 saturated heterocycles. The van der Waals surface area contributed by atoms with Gasteiger partial charge in [-0.1, -0.05) is 39.0 Å². The molecule has 2 rings (SSSR count). The van der Waals surface area contributed by atoms with E-state index in [-0.39, 0.29) is 6.10 Å². The van der Waals surface area contributed by atoms with E-state index in [1.165, 1.54) is 57.8 Å². The quantitative estimate of drug-likeness (QED) is 0.762. The van der Waals surface area contributed by atoms with Gasteiger partial charge < -0.3 is 5.11 Å². The van der Waals surface area contributed by atoms with Crippen LogP contribution in [0.15, 0.2) is 0 Å². The Bertz CT molecular complexity index is 198. The lowest BCUT2D eigenvalue weighted by atomic mass is 9.70. The van der Waals surface area contributed by atoms with Crippen molar-refractivity contribution in [1.82, 2.24) is 0 Å². The van der Waals surface area contributed by atoms with Crippen molar-refractivity contribution in [2.24, 2.45) is 17.8 Å². The smallest absolute Gasteiger partial charge is 0.0540 e. The van der Waals surface area contributed by atoms with Crippen LogP contribution in [0, 0.1) is 17.8 Å². The van der Waals surface area contributed by atoms with E-state index in [1.807, 2.05) is 0 Å². The predicted octanol–water partition coefficient (Wildman–Crippen LogP) is 4.53. The molecule has 0 unspecified atom stereocenters. The van der Waals surface area contributed by atoms with E-state index in [2.05, 4.69) is 6.92 Å². The van der Waals surface area contributed by atoms with Gasteiger partial charge in [-0.05, 0) is 56.3 Å². The third kappa shape index (κ3) is 3.98. The standard InChI is InChI=1S/C16H30O/c1-2-3-4-13-5-7-14(8-6-13)15-9-11-16(17)12-10-15/h13-17H,2-12H2,1H3. The summed E-state index contributed by atoms with van der Waals surface area (Å²) in [4.78, 5) is 0. The number of hydrogen-bond acceptors (Lipinski definition) is 1. The molecule has 1 nitrogen and oxygen atoms in total. The van der Waals surface area contributed by atoms with Gasteiger partial charge in [0.2, 0.25) is 0 Å². The third-order valence-corrected chi connectivity index (χ3v) is 5.27. The summed E-state index contributed by atoms with van der Waals surface area (Å²) in [6.07, 6.45) is 15.0. The maximum absolute atomic E-state index is 9.56. The molecule has 2 fully saturated rings. The molecular weight excluding hydrogens is 208 g/mol. The van der Waals surface area contributed by atoms with Crippen LogP contribution in [0.1, 0.15) is 77.6 Å². The van der Waals surface area contributed by atoms with Crippen molar-refractivity contribution in [3.63, 3.8) is 0 Å². The lowest BCUT2D eigenvalue weighted by Crippen LogP contribution is -2.27. The molecule has 100 valence electrons. The minimum atomic E-state index is 0.0205. The number of unbranched alkanes of at least 4 members (excludes halogenated alkanes) is 1. The molecule has 17 heavy (non-hydrogen) atoms. The van der Waals surface area contributed by atoms with Gasteiger partial charge in [0.1, 0.15) is 0 Å². The average molecular weight is 238 g/mol. The highest BCUT2D eigenvalue weighted by atomic mass is 16.3. The van der Waals surface area contributed by atoms with E-state index in [4.69, 9.17) is 0 Å². The summed E-state index contributed by atoms with van der Waals surface area (Å²) < 4.78 is 0. The first-order valence-electron chi connectivity index (χ1n) is 7.97. The third-order valence-electron chi connectivity index (χ3n) is 5.27. The van der Waals surface area contributed by atoms with Gasteiger partial charge in [0, 0.05) is 0 Å². The number of aliphatic hydroxyl groups is 1. The lowest BCUT2D eigenvalue weighted by molar-refractivity contribution is 0.0763. The largest absolute Gasteiger partial charge is 0.393 e. The summed E-state index contributed by atoms with van der Waals surface area (Å²) in [6, 6.07) is 0. The first kappa shape index (κ1) is 13.4. The molecule has 0 radical (unpaired) electrons. The van der Waals surface area contributed by atoms with Crippen molar-refractivity contribution in [3.8, 4) is 0 Å². The Kier molecular flexibility index (Phi) is 5.34. The Hall–Kier alpha value is -0.0400. The highest BCUT2D eigenvalue weighted by molar-refractivity contribution is 4.81. The van der Waals surface area contributed by atoms with Gasteiger partial charge in [-0.2, -0.15) is 0 Å². The maximum atomic E-state index is 9.56. The summed E-state index contributed by atoms with van der Waals surface area (Å²) in [6.45, 7) is 2.30. The molecule has 1 heteroatoms. The van der Waals surface area contributed by atoms with Crippen LogP contribution in [0.3, 0.4) is 0 Å². The molecule has 0 aromatic heterocycles. The van der Waals surface area contributed by atoms with E-state index >= 15 is 0 Å². The summed E-state index contributed by atoms with van der Waals surface area (Å²) in [7, 11) is 0. The zero-order valence-electron chi connectivity index (χ0n) is 11.5. The minimum Gasteiger partial charge on any atom is -0.393 e. The molecule has 0 atom stereocenters. The Labute approximate surface area is 107 Å². The van der Waals surface area contributed by atoms with Crippen LogP contribution in [0.4, 0.5) is 0 Å². The second-order valence-corrected chi connectivity index (χ2v) is 6.49. The van der Waals surface area contributed by atoms with Crippen LogP contribution in [0.5, 0.6) is 0 Å². The fourth-order valence-electron chi connectivity index (χ4n) is 4.01. The summed E-state index contributed by atoms with van der Waals surface area (Å²) in [5, 5.41) is 9.56. The molecule has 0 aliphatic heterocycles. The fourth-order valence-corrected chi connectivity index (χ4v) is 4.01. The van der Waals surface area contributed by atoms with Gasteiger partial charge in [-0.15, -0.1) is 0 Å². The Morgan fingerprint density at radius 3 is 1.88 bits per heavy atom. The second kappa shape index (κ2) is 6.78. The van der Waals surface area contributed by atoms with E-state index in [9.17, 15) is 5.11 Å². The van der Waals surface area contributed by atoms with Crippen LogP contribution < -0.4 is 0 Å². The molecule has 0 heterocycles. The Balaban J connectivity index is 1.68. The Morgan fingerprint density at radius 1 is 0.824 bits per heavy atom. The van der Waals surface area contributed by atoms with Gasteiger partial charge in [0.05, 0.1) is 6.10 Å². The van der Waals surface area contributed by atoms with Gasteiger partial charge in [0.25, 0.3) is 0 Å². The van der Waals surface area contributed by atoms with E-state index in [0.29, 0.717) is 0 Å². The van der Waals surface area contributed by atoms with Crippen LogP contribution >= 0.6 is 0 Å². The maximum Gasteiger partial charge on any atom is 0.0540 e. The molecular formula is C16H30O. The summed E-state index contributed by atoms with van der Waals surface area (Å²) in [5.74, 6) is 2.99. The average Bonchev–Trinajstić information content (AvgIpc) is 2.38. The molecule has 0 amide bonds. The molecule has 0 bridgehead atoms. The fraction of sp³-hybridized carbons (Fsp3) is 1.00. The van der Waals surface area contributed by atoms with Gasteiger partial charge in [-0.3, -0.25) is 0 Å². The molecule has 0 aromatic carbocycles. The zero-order chi connectivity index (χ0) is 12.1. The van der Waals surface area contributed by atoms with E-state index < -0.39 is 0 Å². The molecule has 2 aliphatic rings. The van der Waals surface area contributed by atoms with Crippen molar-refractivity contribution in [2.45, 2.75) is 83.7 Å². The second-order valence-electron chi connectivity index (χ2n) is 6.49. The predicted molar refractivity (Wildman–Crippen MR) is 72.9 cm³/mol.